The second-order valence-corrected chi connectivity index (χ2v) is 4.36. The van der Waals surface area contributed by atoms with Crippen molar-refractivity contribution >= 4 is 27.3 Å². The molecule has 0 aliphatic heterocycles. The summed E-state index contributed by atoms with van der Waals surface area (Å²) in [7, 11) is 0. The summed E-state index contributed by atoms with van der Waals surface area (Å²) in [6.07, 6.45) is 4.00. The number of thiazole rings is 1. The first-order valence-electron chi connectivity index (χ1n) is 3.13. The smallest absolute Gasteiger partial charge is 0.159 e. The predicted molar refractivity (Wildman–Crippen MR) is 47.2 cm³/mol. The number of rotatable bonds is 3. The molecule has 1 rings (SSSR count). The third-order valence-electron chi connectivity index (χ3n) is 1.15. The van der Waals surface area contributed by atoms with E-state index in [4.69, 9.17) is 5.73 Å². The van der Waals surface area contributed by atoms with Gasteiger partial charge in [-0.05, 0) is 35.3 Å². The van der Waals surface area contributed by atoms with Gasteiger partial charge in [0, 0.05) is 11.1 Å². The maximum Gasteiger partial charge on any atom is 0.159 e. The van der Waals surface area contributed by atoms with Crippen molar-refractivity contribution in [2.75, 3.05) is 6.54 Å². The Bertz CT molecular complexity index is 199. The van der Waals surface area contributed by atoms with Gasteiger partial charge in [-0.3, -0.25) is 0 Å². The first-order chi connectivity index (χ1) is 4.83. The number of aryl methyl sites for hydroxylation is 1. The number of hydrogen-bond donors (Lipinski definition) is 1. The molecule has 0 aliphatic carbocycles. The maximum absolute atomic E-state index is 5.36. The minimum absolute atomic E-state index is 0.759. The van der Waals surface area contributed by atoms with Gasteiger partial charge in [0.15, 0.2) is 3.92 Å². The van der Waals surface area contributed by atoms with Crippen LogP contribution in [0.25, 0.3) is 0 Å². The van der Waals surface area contributed by atoms with Gasteiger partial charge in [0.25, 0.3) is 0 Å². The molecule has 1 aromatic heterocycles. The van der Waals surface area contributed by atoms with Gasteiger partial charge in [-0.2, -0.15) is 0 Å². The molecule has 0 saturated carbocycles. The van der Waals surface area contributed by atoms with E-state index < -0.39 is 0 Å². The quantitative estimate of drug-likeness (QED) is 0.845. The van der Waals surface area contributed by atoms with E-state index in [1.54, 1.807) is 11.3 Å². The molecule has 0 radical (unpaired) electrons. The molecule has 0 saturated heterocycles. The van der Waals surface area contributed by atoms with Crippen molar-refractivity contribution in [3.63, 3.8) is 0 Å². The van der Waals surface area contributed by atoms with Crippen LogP contribution >= 0.6 is 27.3 Å². The third kappa shape index (κ3) is 2.36. The van der Waals surface area contributed by atoms with Gasteiger partial charge in [0.1, 0.15) is 0 Å². The van der Waals surface area contributed by atoms with Gasteiger partial charge < -0.3 is 5.73 Å². The third-order valence-corrected chi connectivity index (χ3v) is 2.69. The lowest BCUT2D eigenvalue weighted by Crippen LogP contribution is -1.99. The summed E-state index contributed by atoms with van der Waals surface area (Å²) in [5, 5.41) is 0. The van der Waals surface area contributed by atoms with Crippen LogP contribution in [0.4, 0.5) is 0 Å². The summed E-state index contributed by atoms with van der Waals surface area (Å²) in [6.45, 7) is 0.759. The highest BCUT2D eigenvalue weighted by Crippen LogP contribution is 2.19. The Kier molecular flexibility index (Phi) is 3.31. The molecule has 2 nitrogen and oxygen atoms in total. The highest BCUT2D eigenvalue weighted by molar-refractivity contribution is 9.11. The van der Waals surface area contributed by atoms with Crippen molar-refractivity contribution in [1.82, 2.24) is 4.98 Å². The monoisotopic (exact) mass is 220 g/mol. The average Bonchev–Trinajstić information content (AvgIpc) is 2.31. The topological polar surface area (TPSA) is 38.9 Å². The van der Waals surface area contributed by atoms with E-state index in [0.29, 0.717) is 0 Å². The molecule has 0 amide bonds. The molecular weight excluding hydrogens is 212 g/mol. The lowest BCUT2D eigenvalue weighted by Gasteiger charge is -1.89. The van der Waals surface area contributed by atoms with E-state index in [9.17, 15) is 0 Å². The molecule has 56 valence electrons. The highest BCUT2D eigenvalue weighted by Gasteiger charge is 1.96. The molecular formula is C6H9BrN2S. The Morgan fingerprint density at radius 3 is 3.00 bits per heavy atom. The molecule has 4 heteroatoms. The predicted octanol–water partition coefficient (Wildman–Crippen LogP) is 1.80. The average molecular weight is 221 g/mol. The zero-order valence-electron chi connectivity index (χ0n) is 5.51. The van der Waals surface area contributed by atoms with Crippen molar-refractivity contribution in [2.45, 2.75) is 12.8 Å². The Morgan fingerprint density at radius 2 is 2.50 bits per heavy atom. The van der Waals surface area contributed by atoms with Gasteiger partial charge in [-0.15, -0.1) is 11.3 Å². The van der Waals surface area contributed by atoms with Gasteiger partial charge in [-0.1, -0.05) is 0 Å². The summed E-state index contributed by atoms with van der Waals surface area (Å²) in [5.74, 6) is 0. The SMILES string of the molecule is NCCCc1cnc(Br)s1. The standard InChI is InChI=1S/C6H9BrN2S/c7-6-9-4-5(10-6)2-1-3-8/h4H,1-3,8H2. The summed E-state index contributed by atoms with van der Waals surface area (Å²) >= 11 is 4.98. The number of halogens is 1. The van der Waals surface area contributed by atoms with Crippen LogP contribution < -0.4 is 5.73 Å². The van der Waals surface area contributed by atoms with E-state index in [2.05, 4.69) is 20.9 Å². The fraction of sp³-hybridized carbons (Fsp3) is 0.500. The van der Waals surface area contributed by atoms with Crippen LogP contribution in [0, 0.1) is 0 Å². The Labute approximate surface area is 72.6 Å². The summed E-state index contributed by atoms with van der Waals surface area (Å²) < 4.78 is 0.958. The molecule has 0 fully saturated rings. The highest BCUT2D eigenvalue weighted by atomic mass is 79.9. The minimum atomic E-state index is 0.759. The lowest BCUT2D eigenvalue weighted by atomic mass is 10.3. The Balaban J connectivity index is 2.42. The first-order valence-corrected chi connectivity index (χ1v) is 4.74. The van der Waals surface area contributed by atoms with E-state index in [0.717, 1.165) is 23.3 Å². The molecule has 0 aliphatic rings. The summed E-state index contributed by atoms with van der Waals surface area (Å²) in [6, 6.07) is 0. The largest absolute Gasteiger partial charge is 0.330 e. The van der Waals surface area contributed by atoms with Crippen LogP contribution in [-0.4, -0.2) is 11.5 Å². The Hall–Kier alpha value is 0.0700. The van der Waals surface area contributed by atoms with Crippen molar-refractivity contribution in [3.8, 4) is 0 Å². The zero-order valence-corrected chi connectivity index (χ0v) is 7.91. The van der Waals surface area contributed by atoms with Crippen molar-refractivity contribution in [1.29, 1.82) is 0 Å². The molecule has 2 N–H and O–H groups in total. The second-order valence-electron chi connectivity index (χ2n) is 1.97. The molecule has 1 aromatic rings. The molecule has 0 aromatic carbocycles. The number of aromatic nitrogens is 1. The second kappa shape index (κ2) is 4.05. The number of nitrogens with two attached hydrogens (primary N) is 1. The van der Waals surface area contributed by atoms with Gasteiger partial charge in [0.2, 0.25) is 0 Å². The van der Waals surface area contributed by atoms with Crippen molar-refractivity contribution in [3.05, 3.63) is 15.0 Å². The van der Waals surface area contributed by atoms with Gasteiger partial charge in [-0.25, -0.2) is 4.98 Å². The van der Waals surface area contributed by atoms with Gasteiger partial charge in [0.05, 0.1) is 0 Å². The number of nitrogens with zero attached hydrogens (tertiary/aromatic N) is 1. The fourth-order valence-electron chi connectivity index (χ4n) is 0.676. The van der Waals surface area contributed by atoms with Crippen LogP contribution in [0.2, 0.25) is 0 Å². The van der Waals surface area contributed by atoms with Crippen LogP contribution in [0.15, 0.2) is 10.1 Å². The normalized spacial score (nSPS) is 10.2. The van der Waals surface area contributed by atoms with Crippen LogP contribution in [0.3, 0.4) is 0 Å². The van der Waals surface area contributed by atoms with E-state index in [1.807, 2.05) is 6.20 Å². The molecule has 10 heavy (non-hydrogen) atoms. The van der Waals surface area contributed by atoms with E-state index >= 15 is 0 Å². The molecule has 1 heterocycles. The lowest BCUT2D eigenvalue weighted by molar-refractivity contribution is 0.841. The molecule has 0 bridgehead atoms. The molecule has 0 atom stereocenters. The van der Waals surface area contributed by atoms with Crippen LogP contribution in [-0.2, 0) is 6.42 Å². The summed E-state index contributed by atoms with van der Waals surface area (Å²) in [5.41, 5.74) is 5.36. The van der Waals surface area contributed by atoms with E-state index in [-0.39, 0.29) is 0 Å². The van der Waals surface area contributed by atoms with Crippen LogP contribution in [0.1, 0.15) is 11.3 Å². The summed E-state index contributed by atoms with van der Waals surface area (Å²) in [4.78, 5) is 5.37. The molecule has 0 spiro atoms. The van der Waals surface area contributed by atoms with Gasteiger partial charge >= 0.3 is 0 Å². The van der Waals surface area contributed by atoms with Crippen molar-refractivity contribution < 1.29 is 0 Å². The van der Waals surface area contributed by atoms with Crippen molar-refractivity contribution in [2.24, 2.45) is 5.73 Å². The maximum atomic E-state index is 5.36. The zero-order chi connectivity index (χ0) is 7.40. The fourth-order valence-corrected chi connectivity index (χ4v) is 2.08. The van der Waals surface area contributed by atoms with E-state index in [1.165, 1.54) is 4.88 Å². The molecule has 0 unspecified atom stereocenters. The Morgan fingerprint density at radius 1 is 1.70 bits per heavy atom. The number of hydrogen-bond acceptors (Lipinski definition) is 3. The van der Waals surface area contributed by atoms with Crippen LogP contribution in [0.5, 0.6) is 0 Å². The first kappa shape index (κ1) is 8.17. The minimum Gasteiger partial charge on any atom is -0.330 e.